The molecule has 0 fully saturated rings. The lowest BCUT2D eigenvalue weighted by atomic mass is 10.1. The predicted molar refractivity (Wildman–Crippen MR) is 55.7 cm³/mol. The van der Waals surface area contributed by atoms with E-state index in [-0.39, 0.29) is 5.78 Å². The van der Waals surface area contributed by atoms with Crippen LogP contribution >= 0.6 is 22.6 Å². The Morgan fingerprint density at radius 3 is 2.58 bits per heavy atom. The number of ketones is 1. The topological polar surface area (TPSA) is 26.3 Å². The smallest absolute Gasteiger partial charge is 0.164 e. The summed E-state index contributed by atoms with van der Waals surface area (Å²) in [5, 5.41) is 0. The Bertz CT molecular complexity index is 307. The first kappa shape index (κ1) is 9.51. The minimum atomic E-state index is 0.0388. The van der Waals surface area contributed by atoms with Crippen LogP contribution in [0.2, 0.25) is 0 Å². The Hall–Kier alpha value is -0.580. The third-order valence-electron chi connectivity index (χ3n) is 1.55. The molecule has 0 N–H and O–H groups in total. The molecule has 0 aromatic heterocycles. The molecule has 1 aromatic carbocycles. The fourth-order valence-corrected chi connectivity index (χ4v) is 1.87. The molecule has 1 rings (SSSR count). The van der Waals surface area contributed by atoms with E-state index in [1.807, 2.05) is 12.1 Å². The molecule has 1 aromatic rings. The van der Waals surface area contributed by atoms with Crippen LogP contribution in [-0.2, 0) is 0 Å². The molecule has 0 aliphatic carbocycles. The molecule has 0 radical (unpaired) electrons. The number of ether oxygens (including phenoxy) is 1. The number of benzene rings is 1. The van der Waals surface area contributed by atoms with Gasteiger partial charge in [-0.3, -0.25) is 4.79 Å². The Kier molecular flexibility index (Phi) is 3.08. The molecule has 0 heterocycles. The minimum absolute atomic E-state index is 0.0388. The minimum Gasteiger partial charge on any atom is -0.496 e. The summed E-state index contributed by atoms with van der Waals surface area (Å²) in [6.45, 7) is 1.54. The van der Waals surface area contributed by atoms with Crippen LogP contribution in [0.25, 0.3) is 0 Å². The lowest BCUT2D eigenvalue weighted by Gasteiger charge is -2.06. The van der Waals surface area contributed by atoms with Crippen molar-refractivity contribution in [2.45, 2.75) is 6.92 Å². The van der Waals surface area contributed by atoms with Crippen molar-refractivity contribution >= 4 is 28.4 Å². The molecule has 3 heteroatoms. The summed E-state index contributed by atoms with van der Waals surface area (Å²) < 4.78 is 5.99. The maximum atomic E-state index is 11.2. The largest absolute Gasteiger partial charge is 0.496 e. The second-order valence-electron chi connectivity index (χ2n) is 2.37. The van der Waals surface area contributed by atoms with Crippen LogP contribution in [0.15, 0.2) is 18.2 Å². The number of carbonyl (C=O) groups is 1. The van der Waals surface area contributed by atoms with Gasteiger partial charge in [0.05, 0.1) is 12.7 Å². The van der Waals surface area contributed by atoms with Gasteiger partial charge in [0.15, 0.2) is 5.78 Å². The van der Waals surface area contributed by atoms with Crippen LogP contribution < -0.4 is 4.74 Å². The van der Waals surface area contributed by atoms with E-state index in [9.17, 15) is 4.79 Å². The second kappa shape index (κ2) is 3.89. The van der Waals surface area contributed by atoms with Gasteiger partial charge in [-0.1, -0.05) is 6.07 Å². The Morgan fingerprint density at radius 2 is 2.17 bits per heavy atom. The number of hydrogen-bond donors (Lipinski definition) is 0. The Labute approximate surface area is 85.1 Å². The summed E-state index contributed by atoms with van der Waals surface area (Å²) in [7, 11) is 1.57. The van der Waals surface area contributed by atoms with Crippen molar-refractivity contribution in [3.05, 3.63) is 27.3 Å². The molecule has 0 amide bonds. The normalized spacial score (nSPS) is 9.58. The highest BCUT2D eigenvalue weighted by Gasteiger charge is 2.10. The fraction of sp³-hybridized carbons (Fsp3) is 0.222. The molecule has 0 atom stereocenters. The van der Waals surface area contributed by atoms with Crippen molar-refractivity contribution in [1.82, 2.24) is 0 Å². The van der Waals surface area contributed by atoms with Crippen molar-refractivity contribution in [2.75, 3.05) is 7.11 Å². The SMILES string of the molecule is COc1cccc(I)c1C(C)=O. The molecule has 0 aliphatic heterocycles. The predicted octanol–water partition coefficient (Wildman–Crippen LogP) is 2.50. The van der Waals surface area contributed by atoms with Gasteiger partial charge in [-0.2, -0.15) is 0 Å². The van der Waals surface area contributed by atoms with E-state index in [4.69, 9.17) is 4.74 Å². The van der Waals surface area contributed by atoms with Gasteiger partial charge < -0.3 is 4.74 Å². The molecular weight excluding hydrogens is 267 g/mol. The van der Waals surface area contributed by atoms with Crippen molar-refractivity contribution < 1.29 is 9.53 Å². The number of rotatable bonds is 2. The first-order valence-electron chi connectivity index (χ1n) is 3.50. The van der Waals surface area contributed by atoms with E-state index in [0.29, 0.717) is 11.3 Å². The third kappa shape index (κ3) is 1.77. The standard InChI is InChI=1S/C9H9IO2/c1-6(11)9-7(10)4-3-5-8(9)12-2/h3-5H,1-2H3. The third-order valence-corrected chi connectivity index (χ3v) is 2.45. The van der Waals surface area contributed by atoms with Crippen LogP contribution in [0.5, 0.6) is 5.75 Å². The van der Waals surface area contributed by atoms with Crippen LogP contribution in [0.4, 0.5) is 0 Å². The summed E-state index contributed by atoms with van der Waals surface area (Å²) in [5.41, 5.74) is 0.667. The zero-order valence-electron chi connectivity index (χ0n) is 6.93. The quantitative estimate of drug-likeness (QED) is 0.612. The second-order valence-corrected chi connectivity index (χ2v) is 3.54. The van der Waals surface area contributed by atoms with Gasteiger partial charge >= 0.3 is 0 Å². The van der Waals surface area contributed by atoms with E-state index < -0.39 is 0 Å². The van der Waals surface area contributed by atoms with Crippen LogP contribution in [0.3, 0.4) is 0 Å². The maximum Gasteiger partial charge on any atom is 0.164 e. The van der Waals surface area contributed by atoms with E-state index in [1.54, 1.807) is 20.1 Å². The van der Waals surface area contributed by atoms with Crippen molar-refractivity contribution in [2.24, 2.45) is 0 Å². The molecule has 0 aliphatic rings. The van der Waals surface area contributed by atoms with Crippen LogP contribution in [0, 0.1) is 3.57 Å². The highest BCUT2D eigenvalue weighted by Crippen LogP contribution is 2.23. The molecule has 64 valence electrons. The summed E-state index contributed by atoms with van der Waals surface area (Å²) in [6.07, 6.45) is 0. The molecule has 0 saturated heterocycles. The summed E-state index contributed by atoms with van der Waals surface area (Å²) in [4.78, 5) is 11.2. The number of Topliss-reactive ketones (excluding diaryl/α,β-unsaturated/α-hetero) is 1. The molecule has 0 bridgehead atoms. The first-order chi connectivity index (χ1) is 5.66. The summed E-state index contributed by atoms with van der Waals surface area (Å²) in [6, 6.07) is 5.55. The van der Waals surface area contributed by atoms with Crippen molar-refractivity contribution in [3.63, 3.8) is 0 Å². The highest BCUT2D eigenvalue weighted by molar-refractivity contribution is 14.1. The van der Waals surface area contributed by atoms with E-state index in [1.165, 1.54) is 0 Å². The molecule has 0 spiro atoms. The van der Waals surface area contributed by atoms with Gasteiger partial charge in [0.1, 0.15) is 5.75 Å². The monoisotopic (exact) mass is 276 g/mol. The highest BCUT2D eigenvalue weighted by atomic mass is 127. The fourth-order valence-electron chi connectivity index (χ4n) is 1.02. The first-order valence-corrected chi connectivity index (χ1v) is 4.58. The van der Waals surface area contributed by atoms with Gasteiger partial charge in [0.25, 0.3) is 0 Å². The Balaban J connectivity index is 3.29. The number of hydrogen-bond acceptors (Lipinski definition) is 2. The summed E-state index contributed by atoms with van der Waals surface area (Å²) in [5.74, 6) is 0.686. The average molecular weight is 276 g/mol. The molecule has 2 nitrogen and oxygen atoms in total. The number of halogens is 1. The van der Waals surface area contributed by atoms with Crippen LogP contribution in [0.1, 0.15) is 17.3 Å². The van der Waals surface area contributed by atoms with Crippen LogP contribution in [-0.4, -0.2) is 12.9 Å². The average Bonchev–Trinajstić information content (AvgIpc) is 2.03. The zero-order chi connectivity index (χ0) is 9.14. The van der Waals surface area contributed by atoms with Gasteiger partial charge in [-0.05, 0) is 41.6 Å². The summed E-state index contributed by atoms with van der Waals surface area (Å²) >= 11 is 2.12. The number of carbonyl (C=O) groups excluding carboxylic acids is 1. The lowest BCUT2D eigenvalue weighted by Crippen LogP contribution is -1.99. The van der Waals surface area contributed by atoms with Gasteiger partial charge in [0.2, 0.25) is 0 Å². The van der Waals surface area contributed by atoms with Gasteiger partial charge in [0, 0.05) is 3.57 Å². The lowest BCUT2D eigenvalue weighted by molar-refractivity contribution is 0.101. The van der Waals surface area contributed by atoms with E-state index >= 15 is 0 Å². The molecule has 0 unspecified atom stereocenters. The van der Waals surface area contributed by atoms with Gasteiger partial charge in [-0.25, -0.2) is 0 Å². The Morgan fingerprint density at radius 1 is 1.50 bits per heavy atom. The zero-order valence-corrected chi connectivity index (χ0v) is 9.08. The maximum absolute atomic E-state index is 11.2. The molecule has 12 heavy (non-hydrogen) atoms. The van der Waals surface area contributed by atoms with Gasteiger partial charge in [-0.15, -0.1) is 0 Å². The number of methoxy groups -OCH3 is 1. The van der Waals surface area contributed by atoms with Crippen molar-refractivity contribution in [3.8, 4) is 5.75 Å². The van der Waals surface area contributed by atoms with E-state index in [0.717, 1.165) is 3.57 Å². The van der Waals surface area contributed by atoms with E-state index in [2.05, 4.69) is 22.6 Å². The molecular formula is C9H9IO2. The van der Waals surface area contributed by atoms with Crippen molar-refractivity contribution in [1.29, 1.82) is 0 Å². The molecule has 0 saturated carbocycles.